The lowest BCUT2D eigenvalue weighted by Crippen LogP contribution is -2.33. The Balaban J connectivity index is 2.94. The smallest absolute Gasteiger partial charge is 0.241 e. The second kappa shape index (κ2) is 7.03. The number of sulfonamides is 1. The fraction of sp³-hybridized carbons (Fsp3) is 0.571. The van der Waals surface area contributed by atoms with Gasteiger partial charge in [-0.05, 0) is 37.5 Å². The number of benzene rings is 1. The molecule has 2 N–H and O–H groups in total. The number of rotatable bonds is 7. The molecule has 0 aliphatic carbocycles. The lowest BCUT2D eigenvalue weighted by molar-refractivity contribution is 0.280. The summed E-state index contributed by atoms with van der Waals surface area (Å²) in [5.41, 5.74) is 1.25. The van der Waals surface area contributed by atoms with Gasteiger partial charge in [0.1, 0.15) is 0 Å². The highest BCUT2D eigenvalue weighted by atomic mass is 32.2. The summed E-state index contributed by atoms with van der Waals surface area (Å²) in [5, 5.41) is 9.19. The molecule has 0 heterocycles. The van der Waals surface area contributed by atoms with Gasteiger partial charge in [-0.3, -0.25) is 0 Å². The molecular weight excluding hydrogens is 262 g/mol. The Morgan fingerprint density at radius 1 is 1.37 bits per heavy atom. The molecule has 0 fully saturated rings. The summed E-state index contributed by atoms with van der Waals surface area (Å²) in [6.45, 7) is 5.52. The van der Waals surface area contributed by atoms with E-state index in [1.807, 2.05) is 6.92 Å². The third-order valence-electron chi connectivity index (χ3n) is 3.20. The number of unbranched alkanes of at least 4 members (excludes halogenated alkanes) is 1. The van der Waals surface area contributed by atoms with E-state index in [-0.39, 0.29) is 17.5 Å². The highest BCUT2D eigenvalue weighted by molar-refractivity contribution is 7.89. The molecule has 1 aromatic rings. The van der Waals surface area contributed by atoms with Crippen LogP contribution in [0.5, 0.6) is 0 Å². The van der Waals surface area contributed by atoms with E-state index in [0.717, 1.165) is 19.3 Å². The highest BCUT2D eigenvalue weighted by Crippen LogP contribution is 2.19. The minimum atomic E-state index is -3.51. The quantitative estimate of drug-likeness (QED) is 0.808. The van der Waals surface area contributed by atoms with Crippen LogP contribution in [0.15, 0.2) is 23.1 Å². The van der Waals surface area contributed by atoms with Crippen molar-refractivity contribution in [1.82, 2.24) is 4.72 Å². The molecule has 0 saturated heterocycles. The normalized spacial score (nSPS) is 13.5. The van der Waals surface area contributed by atoms with Crippen molar-refractivity contribution in [3.8, 4) is 0 Å². The molecule has 4 nitrogen and oxygen atoms in total. The minimum absolute atomic E-state index is 0.0814. The molecule has 0 spiro atoms. The third kappa shape index (κ3) is 4.30. The Labute approximate surface area is 115 Å². The van der Waals surface area contributed by atoms with Crippen molar-refractivity contribution in [1.29, 1.82) is 0 Å². The molecule has 0 aromatic heterocycles. The monoisotopic (exact) mass is 285 g/mol. The van der Waals surface area contributed by atoms with Gasteiger partial charge in [0.25, 0.3) is 0 Å². The Hall–Kier alpha value is -0.910. The number of hydrogen-bond donors (Lipinski definition) is 2. The average Bonchev–Trinajstić information content (AvgIpc) is 2.35. The fourth-order valence-electron chi connectivity index (χ4n) is 2.02. The lowest BCUT2D eigenvalue weighted by Gasteiger charge is -2.16. The van der Waals surface area contributed by atoms with Crippen LogP contribution in [0, 0.1) is 6.92 Å². The summed E-state index contributed by atoms with van der Waals surface area (Å²) in [6.07, 6.45) is 2.87. The van der Waals surface area contributed by atoms with Gasteiger partial charge in [0.2, 0.25) is 10.0 Å². The summed E-state index contributed by atoms with van der Waals surface area (Å²) in [4.78, 5) is 0.252. The van der Waals surface area contributed by atoms with Gasteiger partial charge in [-0.15, -0.1) is 0 Å². The van der Waals surface area contributed by atoms with Crippen LogP contribution in [0.3, 0.4) is 0 Å². The van der Waals surface area contributed by atoms with Crippen molar-refractivity contribution >= 4 is 10.0 Å². The van der Waals surface area contributed by atoms with Crippen LogP contribution in [-0.2, 0) is 16.6 Å². The first-order valence-electron chi connectivity index (χ1n) is 6.64. The van der Waals surface area contributed by atoms with E-state index in [1.165, 1.54) is 0 Å². The van der Waals surface area contributed by atoms with Crippen molar-refractivity contribution in [2.75, 3.05) is 0 Å². The Morgan fingerprint density at radius 3 is 2.63 bits per heavy atom. The molecular formula is C14H23NO3S. The highest BCUT2D eigenvalue weighted by Gasteiger charge is 2.20. The van der Waals surface area contributed by atoms with E-state index in [4.69, 9.17) is 0 Å². The predicted molar refractivity (Wildman–Crippen MR) is 76.4 cm³/mol. The van der Waals surface area contributed by atoms with E-state index in [0.29, 0.717) is 11.1 Å². The topological polar surface area (TPSA) is 66.4 Å². The SMILES string of the molecule is CCCCC(C)NS(=O)(=O)c1cccc(CO)c1C. The van der Waals surface area contributed by atoms with Gasteiger partial charge in [0, 0.05) is 6.04 Å². The van der Waals surface area contributed by atoms with Gasteiger partial charge >= 0.3 is 0 Å². The molecule has 0 aliphatic rings. The van der Waals surface area contributed by atoms with Gasteiger partial charge in [-0.1, -0.05) is 31.9 Å². The van der Waals surface area contributed by atoms with Gasteiger partial charge in [-0.2, -0.15) is 0 Å². The number of hydrogen-bond acceptors (Lipinski definition) is 3. The molecule has 19 heavy (non-hydrogen) atoms. The standard InChI is InChI=1S/C14H23NO3S/c1-4-5-7-11(2)15-19(17,18)14-9-6-8-13(10-16)12(14)3/h6,8-9,11,15-16H,4-5,7,10H2,1-3H3. The molecule has 1 unspecified atom stereocenters. The zero-order valence-electron chi connectivity index (χ0n) is 11.8. The van der Waals surface area contributed by atoms with Crippen molar-refractivity contribution in [2.24, 2.45) is 0 Å². The van der Waals surface area contributed by atoms with Crippen LogP contribution >= 0.6 is 0 Å². The zero-order chi connectivity index (χ0) is 14.5. The minimum Gasteiger partial charge on any atom is -0.392 e. The summed E-state index contributed by atoms with van der Waals surface area (Å²) in [6, 6.07) is 4.88. The average molecular weight is 285 g/mol. The molecule has 0 aliphatic heterocycles. The van der Waals surface area contributed by atoms with E-state index in [2.05, 4.69) is 11.6 Å². The fourth-order valence-corrected chi connectivity index (χ4v) is 3.59. The molecule has 0 amide bonds. The second-order valence-electron chi connectivity index (χ2n) is 4.86. The Kier molecular flexibility index (Phi) is 5.97. The number of aliphatic hydroxyl groups excluding tert-OH is 1. The first-order chi connectivity index (χ1) is 8.92. The molecule has 0 radical (unpaired) electrons. The largest absolute Gasteiger partial charge is 0.392 e. The van der Waals surface area contributed by atoms with E-state index < -0.39 is 10.0 Å². The molecule has 1 rings (SSSR count). The zero-order valence-corrected chi connectivity index (χ0v) is 12.6. The second-order valence-corrected chi connectivity index (χ2v) is 6.55. The predicted octanol–water partition coefficient (Wildman–Crippen LogP) is 2.34. The number of nitrogens with one attached hydrogen (secondary N) is 1. The van der Waals surface area contributed by atoms with E-state index in [9.17, 15) is 13.5 Å². The van der Waals surface area contributed by atoms with Crippen molar-refractivity contribution in [3.63, 3.8) is 0 Å². The summed E-state index contributed by atoms with van der Waals surface area (Å²) < 4.78 is 27.3. The van der Waals surface area contributed by atoms with Gasteiger partial charge in [0.05, 0.1) is 11.5 Å². The first kappa shape index (κ1) is 16.1. The Bertz CT molecular complexity index is 511. The summed E-state index contributed by atoms with van der Waals surface area (Å²) in [5.74, 6) is 0. The molecule has 0 bridgehead atoms. The summed E-state index contributed by atoms with van der Waals surface area (Å²) >= 11 is 0. The van der Waals surface area contributed by atoms with E-state index in [1.54, 1.807) is 25.1 Å². The van der Waals surface area contributed by atoms with Crippen LogP contribution in [0.1, 0.15) is 44.2 Å². The molecule has 1 aromatic carbocycles. The lowest BCUT2D eigenvalue weighted by atomic mass is 10.1. The van der Waals surface area contributed by atoms with Gasteiger partial charge in [0.15, 0.2) is 0 Å². The molecule has 5 heteroatoms. The molecule has 108 valence electrons. The maximum atomic E-state index is 12.3. The maximum Gasteiger partial charge on any atom is 0.241 e. The van der Waals surface area contributed by atoms with Crippen molar-refractivity contribution in [2.45, 2.75) is 57.6 Å². The molecule has 1 atom stereocenters. The van der Waals surface area contributed by atoms with Crippen molar-refractivity contribution in [3.05, 3.63) is 29.3 Å². The van der Waals surface area contributed by atoms with Crippen LogP contribution in [0.2, 0.25) is 0 Å². The summed E-state index contributed by atoms with van der Waals surface area (Å²) in [7, 11) is -3.51. The number of aliphatic hydroxyl groups is 1. The first-order valence-corrected chi connectivity index (χ1v) is 8.12. The van der Waals surface area contributed by atoms with Crippen LogP contribution in [0.25, 0.3) is 0 Å². The van der Waals surface area contributed by atoms with Crippen LogP contribution < -0.4 is 4.72 Å². The van der Waals surface area contributed by atoms with E-state index >= 15 is 0 Å². The van der Waals surface area contributed by atoms with Crippen LogP contribution in [-0.4, -0.2) is 19.6 Å². The molecule has 0 saturated carbocycles. The van der Waals surface area contributed by atoms with Crippen molar-refractivity contribution < 1.29 is 13.5 Å². The van der Waals surface area contributed by atoms with Gasteiger partial charge < -0.3 is 5.11 Å². The Morgan fingerprint density at radius 2 is 2.05 bits per heavy atom. The van der Waals surface area contributed by atoms with Crippen LogP contribution in [0.4, 0.5) is 0 Å². The third-order valence-corrected chi connectivity index (χ3v) is 4.94. The van der Waals surface area contributed by atoms with Gasteiger partial charge in [-0.25, -0.2) is 13.1 Å². The maximum absolute atomic E-state index is 12.3.